The summed E-state index contributed by atoms with van der Waals surface area (Å²) in [6, 6.07) is 21.4. The van der Waals surface area contributed by atoms with Gasteiger partial charge < -0.3 is 15.5 Å². The third-order valence-electron chi connectivity index (χ3n) is 5.12. The monoisotopic (exact) mass is 405 g/mol. The summed E-state index contributed by atoms with van der Waals surface area (Å²) in [6.45, 7) is 4.37. The number of fused-ring (bicyclic) bond motifs is 1. The van der Waals surface area contributed by atoms with Crippen molar-refractivity contribution in [1.82, 2.24) is 9.97 Å². The first-order valence-corrected chi connectivity index (χ1v) is 9.55. The Kier molecular flexibility index (Phi) is 4.76. The molecule has 0 aliphatic heterocycles. The number of nitrogens with two attached hydrogens (primary N) is 1. The number of nitrogens with one attached hydrogen (secondary N) is 1. The quantitative estimate of drug-likeness (QED) is 0.459. The molecule has 1 aromatic heterocycles. The van der Waals surface area contributed by atoms with Crippen molar-refractivity contribution in [3.63, 3.8) is 0 Å². The van der Waals surface area contributed by atoms with Crippen LogP contribution >= 0.6 is 11.6 Å². The summed E-state index contributed by atoms with van der Waals surface area (Å²) in [6.07, 6.45) is -0.844. The van der Waals surface area contributed by atoms with Crippen molar-refractivity contribution in [3.8, 4) is 17.1 Å². The lowest BCUT2D eigenvalue weighted by Gasteiger charge is -2.26. The standard InChI is InChI=1S/C23H20ClN3O2/c1-23(2,16-7-9-17(24)10-8-16)15-5-3-14(4-6-15)21-26-19-12-11-18(29-22(25)28)13-20(19)27-21/h3-13H,1-2H3,(H2,25,28)(H,26,27). The molecule has 1 amide bonds. The molecule has 0 saturated carbocycles. The molecule has 3 aromatic carbocycles. The molecule has 1 heterocycles. The molecule has 5 nitrogen and oxygen atoms in total. The van der Waals surface area contributed by atoms with Crippen molar-refractivity contribution in [2.75, 3.05) is 0 Å². The minimum atomic E-state index is -0.844. The van der Waals surface area contributed by atoms with Crippen LogP contribution in [0.2, 0.25) is 5.02 Å². The summed E-state index contributed by atoms with van der Waals surface area (Å²) in [7, 11) is 0. The first-order chi connectivity index (χ1) is 13.8. The van der Waals surface area contributed by atoms with Gasteiger partial charge in [-0.25, -0.2) is 9.78 Å². The third kappa shape index (κ3) is 3.82. The second-order valence-electron chi connectivity index (χ2n) is 7.39. The van der Waals surface area contributed by atoms with Crippen molar-refractivity contribution < 1.29 is 9.53 Å². The molecule has 0 aliphatic carbocycles. The number of benzene rings is 3. The van der Waals surface area contributed by atoms with Crippen LogP contribution in [-0.4, -0.2) is 16.1 Å². The number of rotatable bonds is 4. The van der Waals surface area contributed by atoms with Crippen LogP contribution in [0.4, 0.5) is 4.79 Å². The highest BCUT2D eigenvalue weighted by atomic mass is 35.5. The Morgan fingerprint density at radius 2 is 1.62 bits per heavy atom. The highest BCUT2D eigenvalue weighted by molar-refractivity contribution is 6.30. The number of amides is 1. The van der Waals surface area contributed by atoms with Gasteiger partial charge in [0.15, 0.2) is 0 Å². The minimum Gasteiger partial charge on any atom is -0.410 e. The van der Waals surface area contributed by atoms with Crippen LogP contribution in [0.3, 0.4) is 0 Å². The maximum Gasteiger partial charge on any atom is 0.409 e. The predicted molar refractivity (Wildman–Crippen MR) is 115 cm³/mol. The van der Waals surface area contributed by atoms with Gasteiger partial charge in [-0.2, -0.15) is 0 Å². The smallest absolute Gasteiger partial charge is 0.409 e. The fourth-order valence-corrected chi connectivity index (χ4v) is 3.51. The Labute approximate surface area is 173 Å². The van der Waals surface area contributed by atoms with Gasteiger partial charge in [0, 0.05) is 22.1 Å². The van der Waals surface area contributed by atoms with Gasteiger partial charge in [-0.1, -0.05) is 61.8 Å². The van der Waals surface area contributed by atoms with Gasteiger partial charge in [0.1, 0.15) is 11.6 Å². The number of ether oxygens (including phenoxy) is 1. The molecule has 0 unspecified atom stereocenters. The molecular weight excluding hydrogens is 386 g/mol. The molecule has 6 heteroatoms. The first kappa shape index (κ1) is 19.0. The molecule has 0 spiro atoms. The largest absolute Gasteiger partial charge is 0.410 e. The van der Waals surface area contributed by atoms with Crippen LogP contribution < -0.4 is 10.5 Å². The molecule has 0 radical (unpaired) electrons. The number of nitrogens with zero attached hydrogens (tertiary/aromatic N) is 1. The summed E-state index contributed by atoms with van der Waals surface area (Å²) < 4.78 is 4.92. The highest BCUT2D eigenvalue weighted by Gasteiger charge is 2.23. The van der Waals surface area contributed by atoms with Crippen LogP contribution in [0.1, 0.15) is 25.0 Å². The molecule has 0 aliphatic rings. The van der Waals surface area contributed by atoms with Gasteiger partial charge in [-0.05, 0) is 35.4 Å². The molecule has 0 fully saturated rings. The van der Waals surface area contributed by atoms with Gasteiger partial charge in [0.2, 0.25) is 0 Å². The summed E-state index contributed by atoms with van der Waals surface area (Å²) in [5.74, 6) is 1.12. The zero-order valence-electron chi connectivity index (χ0n) is 16.1. The number of hydrogen-bond acceptors (Lipinski definition) is 3. The van der Waals surface area contributed by atoms with Crippen molar-refractivity contribution in [3.05, 3.63) is 82.9 Å². The number of carbonyl (C=O) groups is 1. The zero-order valence-corrected chi connectivity index (χ0v) is 16.8. The van der Waals surface area contributed by atoms with E-state index in [9.17, 15) is 4.79 Å². The highest BCUT2D eigenvalue weighted by Crippen LogP contribution is 2.33. The minimum absolute atomic E-state index is 0.155. The van der Waals surface area contributed by atoms with Crippen molar-refractivity contribution in [1.29, 1.82) is 0 Å². The fourth-order valence-electron chi connectivity index (χ4n) is 3.38. The maximum absolute atomic E-state index is 10.9. The van der Waals surface area contributed by atoms with E-state index < -0.39 is 6.09 Å². The van der Waals surface area contributed by atoms with E-state index in [1.54, 1.807) is 18.2 Å². The molecule has 0 saturated heterocycles. The Morgan fingerprint density at radius 3 is 2.24 bits per heavy atom. The molecule has 4 aromatic rings. The summed E-state index contributed by atoms with van der Waals surface area (Å²) >= 11 is 6.02. The maximum atomic E-state index is 10.9. The Balaban J connectivity index is 1.63. The number of aromatic amines is 1. The van der Waals surface area contributed by atoms with Crippen LogP contribution in [0.15, 0.2) is 66.7 Å². The second kappa shape index (κ2) is 7.26. The van der Waals surface area contributed by atoms with E-state index in [0.717, 1.165) is 27.4 Å². The molecule has 4 rings (SSSR count). The average molecular weight is 406 g/mol. The Hall–Kier alpha value is -3.31. The van der Waals surface area contributed by atoms with Gasteiger partial charge in [0.05, 0.1) is 11.0 Å². The summed E-state index contributed by atoms with van der Waals surface area (Å²) in [4.78, 5) is 18.8. The number of aromatic nitrogens is 2. The van der Waals surface area contributed by atoms with E-state index in [-0.39, 0.29) is 5.41 Å². The summed E-state index contributed by atoms with van der Waals surface area (Å²) in [5, 5.41) is 0.731. The summed E-state index contributed by atoms with van der Waals surface area (Å²) in [5.41, 5.74) is 9.82. The number of primary amides is 1. The fraction of sp³-hybridized carbons (Fsp3) is 0.130. The van der Waals surface area contributed by atoms with Crippen molar-refractivity contribution in [2.24, 2.45) is 5.73 Å². The number of halogens is 1. The number of carbonyl (C=O) groups excluding carboxylic acids is 1. The second-order valence-corrected chi connectivity index (χ2v) is 7.83. The van der Waals surface area contributed by atoms with E-state index >= 15 is 0 Å². The van der Waals surface area contributed by atoms with Crippen molar-refractivity contribution in [2.45, 2.75) is 19.3 Å². The van der Waals surface area contributed by atoms with E-state index in [2.05, 4.69) is 48.1 Å². The molecular formula is C23H20ClN3O2. The average Bonchev–Trinajstić information content (AvgIpc) is 3.11. The lowest BCUT2D eigenvalue weighted by atomic mass is 9.78. The normalized spacial score (nSPS) is 11.6. The lowest BCUT2D eigenvalue weighted by Crippen LogP contribution is -2.18. The van der Waals surface area contributed by atoms with Gasteiger partial charge in [-0.15, -0.1) is 0 Å². The number of H-pyrrole nitrogens is 1. The van der Waals surface area contributed by atoms with E-state index in [1.807, 2.05) is 24.3 Å². The van der Waals surface area contributed by atoms with Crippen molar-refractivity contribution >= 4 is 28.7 Å². The van der Waals surface area contributed by atoms with Gasteiger partial charge in [-0.3, -0.25) is 0 Å². The zero-order chi connectivity index (χ0) is 20.6. The Morgan fingerprint density at radius 1 is 1.00 bits per heavy atom. The first-order valence-electron chi connectivity index (χ1n) is 9.17. The van der Waals surface area contributed by atoms with E-state index in [4.69, 9.17) is 22.1 Å². The van der Waals surface area contributed by atoms with E-state index in [0.29, 0.717) is 5.75 Å². The third-order valence-corrected chi connectivity index (χ3v) is 5.37. The van der Waals surface area contributed by atoms with Crippen LogP contribution in [0, 0.1) is 0 Å². The molecule has 0 atom stereocenters. The van der Waals surface area contributed by atoms with Crippen LogP contribution in [0.5, 0.6) is 5.75 Å². The Bertz CT molecular complexity index is 1180. The topological polar surface area (TPSA) is 81.0 Å². The van der Waals surface area contributed by atoms with E-state index in [1.165, 1.54) is 11.1 Å². The number of imidazole rings is 1. The van der Waals surface area contributed by atoms with Crippen LogP contribution in [-0.2, 0) is 5.41 Å². The molecule has 3 N–H and O–H groups in total. The van der Waals surface area contributed by atoms with Gasteiger partial charge in [0.25, 0.3) is 0 Å². The SMILES string of the molecule is CC(C)(c1ccc(Cl)cc1)c1ccc(-c2nc3ccc(OC(N)=O)cc3[nH]2)cc1. The predicted octanol–water partition coefficient (Wildman–Crippen LogP) is 5.67. The lowest BCUT2D eigenvalue weighted by molar-refractivity contribution is 0.211. The van der Waals surface area contributed by atoms with Gasteiger partial charge >= 0.3 is 6.09 Å². The van der Waals surface area contributed by atoms with Crippen LogP contribution in [0.25, 0.3) is 22.4 Å². The molecule has 146 valence electrons. The number of hydrogen-bond donors (Lipinski definition) is 2. The molecule has 29 heavy (non-hydrogen) atoms. The molecule has 0 bridgehead atoms.